The molecule has 3 nitrogen and oxygen atoms in total. The molecule has 0 saturated carbocycles. The van der Waals surface area contributed by atoms with Crippen molar-refractivity contribution in [3.8, 4) is 11.5 Å². The molecule has 4 heteroatoms. The molecule has 0 radical (unpaired) electrons. The van der Waals surface area contributed by atoms with Crippen LogP contribution in [0.15, 0.2) is 42.7 Å². The number of ether oxygens (including phenoxy) is 1. The monoisotopic (exact) mass is 290 g/mol. The van der Waals surface area contributed by atoms with Crippen molar-refractivity contribution >= 4 is 11.6 Å². The molecule has 0 saturated heterocycles. The number of nitrogens with one attached hydrogen (secondary N) is 1. The first kappa shape index (κ1) is 14.8. The van der Waals surface area contributed by atoms with Crippen molar-refractivity contribution in [2.24, 2.45) is 0 Å². The van der Waals surface area contributed by atoms with Gasteiger partial charge in [0, 0.05) is 23.8 Å². The van der Waals surface area contributed by atoms with Crippen LogP contribution in [0.5, 0.6) is 11.5 Å². The van der Waals surface area contributed by atoms with E-state index in [4.69, 9.17) is 16.3 Å². The molecule has 1 aromatic carbocycles. The van der Waals surface area contributed by atoms with Gasteiger partial charge in [0.25, 0.3) is 0 Å². The van der Waals surface area contributed by atoms with Gasteiger partial charge >= 0.3 is 0 Å². The summed E-state index contributed by atoms with van der Waals surface area (Å²) in [5, 5.41) is 4.03. The van der Waals surface area contributed by atoms with Crippen LogP contribution in [0.4, 0.5) is 0 Å². The zero-order valence-corrected chi connectivity index (χ0v) is 12.7. The highest BCUT2D eigenvalue weighted by Crippen LogP contribution is 2.30. The molecule has 20 heavy (non-hydrogen) atoms. The Morgan fingerprint density at radius 1 is 1.15 bits per heavy atom. The predicted molar refractivity (Wildman–Crippen MR) is 82.4 cm³/mol. The molecule has 0 spiro atoms. The van der Waals surface area contributed by atoms with Gasteiger partial charge in [-0.05, 0) is 39.0 Å². The number of nitrogens with zero attached hydrogens (tertiary/aromatic N) is 1. The first-order valence-corrected chi connectivity index (χ1v) is 6.94. The second-order valence-electron chi connectivity index (χ2n) is 5.62. The summed E-state index contributed by atoms with van der Waals surface area (Å²) in [4.78, 5) is 4.12. The lowest BCUT2D eigenvalue weighted by Gasteiger charge is -2.21. The molecule has 0 aliphatic carbocycles. The number of aromatic nitrogens is 1. The Labute approximate surface area is 124 Å². The van der Waals surface area contributed by atoms with Crippen molar-refractivity contribution in [1.29, 1.82) is 0 Å². The number of hydrogen-bond donors (Lipinski definition) is 1. The molecule has 1 N–H and O–H groups in total. The van der Waals surface area contributed by atoms with Crippen LogP contribution in [0.3, 0.4) is 0 Å². The standard InChI is InChI=1S/C16H19ClN2O/c1-16(2,3)19-10-12-8-9-18-11-15(12)20-14-7-5-4-6-13(14)17/h4-9,11,19H,10H2,1-3H3. The van der Waals surface area contributed by atoms with Gasteiger partial charge in [-0.3, -0.25) is 4.98 Å². The van der Waals surface area contributed by atoms with Crippen LogP contribution in [0.2, 0.25) is 5.02 Å². The average Bonchev–Trinajstić information content (AvgIpc) is 2.39. The van der Waals surface area contributed by atoms with Gasteiger partial charge in [-0.15, -0.1) is 0 Å². The summed E-state index contributed by atoms with van der Waals surface area (Å²) < 4.78 is 5.87. The van der Waals surface area contributed by atoms with Gasteiger partial charge in [0.05, 0.1) is 11.2 Å². The van der Waals surface area contributed by atoms with E-state index < -0.39 is 0 Å². The van der Waals surface area contributed by atoms with Crippen molar-refractivity contribution in [3.63, 3.8) is 0 Å². The summed E-state index contributed by atoms with van der Waals surface area (Å²) in [5.74, 6) is 1.36. The number of para-hydroxylation sites is 1. The third kappa shape index (κ3) is 4.22. The second kappa shape index (κ2) is 6.25. The number of hydrogen-bond acceptors (Lipinski definition) is 3. The number of benzene rings is 1. The van der Waals surface area contributed by atoms with E-state index in [0.29, 0.717) is 17.3 Å². The third-order valence-electron chi connectivity index (χ3n) is 2.74. The maximum Gasteiger partial charge on any atom is 0.150 e. The molecule has 0 fully saturated rings. The SMILES string of the molecule is CC(C)(C)NCc1ccncc1Oc1ccccc1Cl. The zero-order chi connectivity index (χ0) is 14.6. The summed E-state index contributed by atoms with van der Waals surface area (Å²) in [6, 6.07) is 9.37. The van der Waals surface area contributed by atoms with Crippen molar-refractivity contribution in [1.82, 2.24) is 10.3 Å². The minimum Gasteiger partial charge on any atom is -0.454 e. The average molecular weight is 291 g/mol. The lowest BCUT2D eigenvalue weighted by molar-refractivity contribution is 0.413. The van der Waals surface area contributed by atoms with E-state index in [1.54, 1.807) is 18.5 Å². The van der Waals surface area contributed by atoms with Crippen LogP contribution < -0.4 is 10.1 Å². The first-order valence-electron chi connectivity index (χ1n) is 6.56. The van der Waals surface area contributed by atoms with Gasteiger partial charge in [-0.2, -0.15) is 0 Å². The number of halogens is 1. The molecule has 0 atom stereocenters. The molecular formula is C16H19ClN2O. The lowest BCUT2D eigenvalue weighted by atomic mass is 10.1. The molecule has 1 heterocycles. The van der Waals surface area contributed by atoms with Gasteiger partial charge in [0.15, 0.2) is 0 Å². The van der Waals surface area contributed by atoms with E-state index in [1.807, 2.05) is 24.3 Å². The Morgan fingerprint density at radius 2 is 1.90 bits per heavy atom. The van der Waals surface area contributed by atoms with Crippen LogP contribution in [0.25, 0.3) is 0 Å². The quantitative estimate of drug-likeness (QED) is 0.905. The van der Waals surface area contributed by atoms with E-state index >= 15 is 0 Å². The highest BCUT2D eigenvalue weighted by molar-refractivity contribution is 6.32. The van der Waals surface area contributed by atoms with Gasteiger partial charge in [0.2, 0.25) is 0 Å². The summed E-state index contributed by atoms with van der Waals surface area (Å²) in [6.45, 7) is 7.10. The maximum atomic E-state index is 6.12. The largest absolute Gasteiger partial charge is 0.454 e. The first-order chi connectivity index (χ1) is 9.46. The summed E-state index contributed by atoms with van der Waals surface area (Å²) in [5.41, 5.74) is 1.10. The zero-order valence-electron chi connectivity index (χ0n) is 12.0. The highest BCUT2D eigenvalue weighted by Gasteiger charge is 2.12. The molecular weight excluding hydrogens is 272 g/mol. The van der Waals surface area contributed by atoms with Crippen LogP contribution in [0.1, 0.15) is 26.3 Å². The third-order valence-corrected chi connectivity index (χ3v) is 3.05. The molecule has 0 aliphatic heterocycles. The van der Waals surface area contributed by atoms with E-state index in [2.05, 4.69) is 31.1 Å². The molecule has 0 amide bonds. The minimum absolute atomic E-state index is 0.0466. The molecule has 0 unspecified atom stereocenters. The predicted octanol–water partition coefficient (Wildman–Crippen LogP) is 4.42. The van der Waals surface area contributed by atoms with Gasteiger partial charge in [-0.25, -0.2) is 0 Å². The van der Waals surface area contributed by atoms with E-state index in [9.17, 15) is 0 Å². The smallest absolute Gasteiger partial charge is 0.150 e. The molecule has 106 valence electrons. The highest BCUT2D eigenvalue weighted by atomic mass is 35.5. The van der Waals surface area contributed by atoms with Crippen LogP contribution in [-0.2, 0) is 6.54 Å². The number of pyridine rings is 1. The fraction of sp³-hybridized carbons (Fsp3) is 0.312. The Hall–Kier alpha value is -1.58. The summed E-state index contributed by atoms with van der Waals surface area (Å²) in [7, 11) is 0. The van der Waals surface area contributed by atoms with Gasteiger partial charge < -0.3 is 10.1 Å². The van der Waals surface area contributed by atoms with Crippen molar-refractivity contribution in [2.45, 2.75) is 32.9 Å². The Bertz CT molecular complexity index is 579. The topological polar surface area (TPSA) is 34.2 Å². The molecule has 2 aromatic rings. The van der Waals surface area contributed by atoms with Gasteiger partial charge in [0.1, 0.15) is 11.5 Å². The van der Waals surface area contributed by atoms with Crippen LogP contribution in [0, 0.1) is 0 Å². The summed E-state index contributed by atoms with van der Waals surface area (Å²) >= 11 is 6.12. The number of rotatable bonds is 4. The second-order valence-corrected chi connectivity index (χ2v) is 6.03. The van der Waals surface area contributed by atoms with Crippen molar-refractivity contribution in [3.05, 3.63) is 53.3 Å². The molecule has 0 aliphatic rings. The fourth-order valence-corrected chi connectivity index (χ4v) is 1.83. The van der Waals surface area contributed by atoms with Crippen molar-refractivity contribution < 1.29 is 4.74 Å². The normalized spacial score (nSPS) is 11.4. The maximum absolute atomic E-state index is 6.12. The minimum atomic E-state index is 0.0466. The fourth-order valence-electron chi connectivity index (χ4n) is 1.65. The molecule has 0 bridgehead atoms. The Kier molecular flexibility index (Phi) is 4.63. The molecule has 1 aromatic heterocycles. The van der Waals surface area contributed by atoms with Crippen LogP contribution >= 0.6 is 11.6 Å². The van der Waals surface area contributed by atoms with Gasteiger partial charge in [-0.1, -0.05) is 23.7 Å². The van der Waals surface area contributed by atoms with E-state index in [-0.39, 0.29) is 5.54 Å². The van der Waals surface area contributed by atoms with E-state index in [0.717, 1.165) is 11.3 Å². The Balaban J connectivity index is 2.18. The lowest BCUT2D eigenvalue weighted by Crippen LogP contribution is -2.35. The summed E-state index contributed by atoms with van der Waals surface area (Å²) in [6.07, 6.45) is 3.47. The molecule has 2 rings (SSSR count). The van der Waals surface area contributed by atoms with E-state index in [1.165, 1.54) is 0 Å². The van der Waals surface area contributed by atoms with Crippen LogP contribution in [-0.4, -0.2) is 10.5 Å². The van der Waals surface area contributed by atoms with Crippen molar-refractivity contribution in [2.75, 3.05) is 0 Å². The Morgan fingerprint density at radius 3 is 2.60 bits per heavy atom.